The van der Waals surface area contributed by atoms with Crippen molar-refractivity contribution in [2.75, 3.05) is 39.3 Å². The number of hydrogen-bond acceptors (Lipinski definition) is 5. The molecule has 0 saturated carbocycles. The SMILES string of the molecule is O=C(NCC(=O)N1CCN(Cc2ccc3c(c2)CCO3)CC1)c1ccoc1. The van der Waals surface area contributed by atoms with Gasteiger partial charge in [0.2, 0.25) is 5.91 Å². The van der Waals surface area contributed by atoms with Crippen molar-refractivity contribution in [2.45, 2.75) is 13.0 Å². The van der Waals surface area contributed by atoms with Crippen LogP contribution in [0.1, 0.15) is 21.5 Å². The third-order valence-corrected chi connectivity index (χ3v) is 5.07. The zero-order valence-corrected chi connectivity index (χ0v) is 15.1. The minimum Gasteiger partial charge on any atom is -0.493 e. The van der Waals surface area contributed by atoms with Gasteiger partial charge in [0.05, 0.1) is 25.0 Å². The summed E-state index contributed by atoms with van der Waals surface area (Å²) in [5.41, 5.74) is 2.99. The molecule has 1 N–H and O–H groups in total. The molecule has 0 unspecified atom stereocenters. The van der Waals surface area contributed by atoms with Gasteiger partial charge in [-0.3, -0.25) is 14.5 Å². The maximum Gasteiger partial charge on any atom is 0.254 e. The van der Waals surface area contributed by atoms with Crippen molar-refractivity contribution in [1.82, 2.24) is 15.1 Å². The molecule has 1 aromatic heterocycles. The molecule has 0 bridgehead atoms. The Hall–Kier alpha value is -2.80. The summed E-state index contributed by atoms with van der Waals surface area (Å²) in [5, 5.41) is 2.64. The maximum atomic E-state index is 12.3. The summed E-state index contributed by atoms with van der Waals surface area (Å²) in [6.07, 6.45) is 3.78. The van der Waals surface area contributed by atoms with Crippen LogP contribution in [0.15, 0.2) is 41.2 Å². The fourth-order valence-corrected chi connectivity index (χ4v) is 3.52. The van der Waals surface area contributed by atoms with Gasteiger partial charge in [-0.1, -0.05) is 12.1 Å². The summed E-state index contributed by atoms with van der Waals surface area (Å²) < 4.78 is 10.4. The van der Waals surface area contributed by atoms with Crippen LogP contribution < -0.4 is 10.1 Å². The van der Waals surface area contributed by atoms with Crippen LogP contribution in [-0.4, -0.2) is 60.9 Å². The van der Waals surface area contributed by atoms with E-state index in [1.165, 1.54) is 23.7 Å². The second-order valence-electron chi connectivity index (χ2n) is 6.89. The van der Waals surface area contributed by atoms with Crippen molar-refractivity contribution in [3.05, 3.63) is 53.5 Å². The first-order chi connectivity index (χ1) is 13.2. The second kappa shape index (κ2) is 7.84. The van der Waals surface area contributed by atoms with Crippen LogP contribution in [0.2, 0.25) is 0 Å². The Bertz CT molecular complexity index is 811. The Kier molecular flexibility index (Phi) is 5.11. The second-order valence-corrected chi connectivity index (χ2v) is 6.89. The minimum absolute atomic E-state index is 0.00877. The average Bonchev–Trinajstić information content (AvgIpc) is 3.38. The first-order valence-electron chi connectivity index (χ1n) is 9.24. The van der Waals surface area contributed by atoms with Crippen molar-refractivity contribution in [3.8, 4) is 5.75 Å². The normalized spacial score (nSPS) is 16.7. The van der Waals surface area contributed by atoms with Crippen LogP contribution in [-0.2, 0) is 17.8 Å². The summed E-state index contributed by atoms with van der Waals surface area (Å²) in [4.78, 5) is 28.4. The number of furan rings is 1. The molecular weight excluding hydrogens is 346 g/mol. The van der Waals surface area contributed by atoms with Gasteiger partial charge in [0, 0.05) is 39.1 Å². The fourth-order valence-electron chi connectivity index (χ4n) is 3.52. The zero-order chi connectivity index (χ0) is 18.6. The molecule has 27 heavy (non-hydrogen) atoms. The molecule has 2 aromatic rings. The predicted molar refractivity (Wildman–Crippen MR) is 98.5 cm³/mol. The molecule has 1 aromatic carbocycles. The van der Waals surface area contributed by atoms with E-state index in [0.29, 0.717) is 18.7 Å². The van der Waals surface area contributed by atoms with Crippen molar-refractivity contribution >= 4 is 11.8 Å². The van der Waals surface area contributed by atoms with Crippen LogP contribution in [0.5, 0.6) is 5.75 Å². The Morgan fingerprint density at radius 3 is 2.74 bits per heavy atom. The van der Waals surface area contributed by atoms with E-state index in [4.69, 9.17) is 9.15 Å². The number of nitrogens with zero attached hydrogens (tertiary/aromatic N) is 2. The molecule has 7 nitrogen and oxygen atoms in total. The number of nitrogens with one attached hydrogen (secondary N) is 1. The number of carbonyl (C=O) groups is 2. The summed E-state index contributed by atoms with van der Waals surface area (Å²) in [6.45, 7) is 4.67. The van der Waals surface area contributed by atoms with Gasteiger partial charge in [0.25, 0.3) is 5.91 Å². The molecular formula is C20H23N3O4. The number of fused-ring (bicyclic) bond motifs is 1. The number of rotatable bonds is 5. The van der Waals surface area contributed by atoms with E-state index in [1.807, 2.05) is 4.90 Å². The lowest BCUT2D eigenvalue weighted by molar-refractivity contribution is -0.131. The highest BCUT2D eigenvalue weighted by atomic mass is 16.5. The van der Waals surface area contributed by atoms with Crippen LogP contribution >= 0.6 is 0 Å². The molecule has 0 radical (unpaired) electrons. The largest absolute Gasteiger partial charge is 0.493 e. The number of piperazine rings is 1. The first kappa shape index (κ1) is 17.6. The monoisotopic (exact) mass is 369 g/mol. The van der Waals surface area contributed by atoms with E-state index < -0.39 is 0 Å². The van der Waals surface area contributed by atoms with Gasteiger partial charge < -0.3 is 19.4 Å². The van der Waals surface area contributed by atoms with E-state index in [0.717, 1.165) is 38.4 Å². The molecule has 0 spiro atoms. The summed E-state index contributed by atoms with van der Waals surface area (Å²) in [7, 11) is 0. The Morgan fingerprint density at radius 2 is 1.96 bits per heavy atom. The Balaban J connectivity index is 1.22. The van der Waals surface area contributed by atoms with Gasteiger partial charge in [0.15, 0.2) is 0 Å². The topological polar surface area (TPSA) is 75.0 Å². The molecule has 4 rings (SSSR count). The summed E-state index contributed by atoms with van der Waals surface area (Å²) in [5.74, 6) is 0.657. The van der Waals surface area contributed by atoms with E-state index in [9.17, 15) is 9.59 Å². The number of ether oxygens (including phenoxy) is 1. The van der Waals surface area contributed by atoms with Gasteiger partial charge in [-0.2, -0.15) is 0 Å². The third-order valence-electron chi connectivity index (χ3n) is 5.07. The molecule has 7 heteroatoms. The lowest BCUT2D eigenvalue weighted by atomic mass is 10.1. The van der Waals surface area contributed by atoms with Crippen molar-refractivity contribution in [3.63, 3.8) is 0 Å². The maximum absolute atomic E-state index is 12.3. The van der Waals surface area contributed by atoms with Crippen molar-refractivity contribution < 1.29 is 18.7 Å². The number of carbonyl (C=O) groups excluding carboxylic acids is 2. The predicted octanol–water partition coefficient (Wildman–Crippen LogP) is 1.29. The first-order valence-corrected chi connectivity index (χ1v) is 9.24. The lowest BCUT2D eigenvalue weighted by Gasteiger charge is -2.34. The summed E-state index contributed by atoms with van der Waals surface area (Å²) in [6, 6.07) is 7.97. The highest BCUT2D eigenvalue weighted by Crippen LogP contribution is 2.26. The van der Waals surface area contributed by atoms with E-state index in [-0.39, 0.29) is 18.4 Å². The van der Waals surface area contributed by atoms with Gasteiger partial charge in [-0.05, 0) is 23.3 Å². The molecule has 0 atom stereocenters. The van der Waals surface area contributed by atoms with Crippen LogP contribution in [0.4, 0.5) is 0 Å². The van der Waals surface area contributed by atoms with Crippen LogP contribution in [0.3, 0.4) is 0 Å². The molecule has 1 fully saturated rings. The zero-order valence-electron chi connectivity index (χ0n) is 15.1. The molecule has 1 saturated heterocycles. The molecule has 2 amide bonds. The third kappa shape index (κ3) is 4.14. The lowest BCUT2D eigenvalue weighted by Crippen LogP contribution is -2.50. The molecule has 2 aliphatic heterocycles. The van der Waals surface area contributed by atoms with Gasteiger partial charge in [-0.25, -0.2) is 0 Å². The molecule has 2 aliphatic rings. The number of benzene rings is 1. The minimum atomic E-state index is -0.295. The molecule has 0 aliphatic carbocycles. The van der Waals surface area contributed by atoms with E-state index >= 15 is 0 Å². The van der Waals surface area contributed by atoms with E-state index in [1.54, 1.807) is 6.07 Å². The highest BCUT2D eigenvalue weighted by molar-refractivity contribution is 5.96. The van der Waals surface area contributed by atoms with Gasteiger partial charge in [0.1, 0.15) is 12.0 Å². The molecule has 142 valence electrons. The molecule has 3 heterocycles. The Morgan fingerprint density at radius 1 is 1.11 bits per heavy atom. The Labute approximate surface area is 157 Å². The highest BCUT2D eigenvalue weighted by Gasteiger charge is 2.22. The van der Waals surface area contributed by atoms with Crippen LogP contribution in [0, 0.1) is 0 Å². The van der Waals surface area contributed by atoms with Crippen molar-refractivity contribution in [2.24, 2.45) is 0 Å². The quantitative estimate of drug-likeness (QED) is 0.860. The van der Waals surface area contributed by atoms with E-state index in [2.05, 4.69) is 28.4 Å². The van der Waals surface area contributed by atoms with Crippen LogP contribution in [0.25, 0.3) is 0 Å². The van der Waals surface area contributed by atoms with Gasteiger partial charge in [-0.15, -0.1) is 0 Å². The summed E-state index contributed by atoms with van der Waals surface area (Å²) >= 11 is 0. The average molecular weight is 369 g/mol. The van der Waals surface area contributed by atoms with Crippen molar-refractivity contribution in [1.29, 1.82) is 0 Å². The van der Waals surface area contributed by atoms with Gasteiger partial charge >= 0.3 is 0 Å². The smallest absolute Gasteiger partial charge is 0.254 e. The fraction of sp³-hybridized carbons (Fsp3) is 0.400. The standard InChI is InChI=1S/C20H23N3O4/c24-19(12-21-20(25)17-3-9-26-14-17)23-7-5-22(6-8-23)13-15-1-2-18-16(11-15)4-10-27-18/h1-3,9,11,14H,4-8,10,12-13H2,(H,21,25). The number of amides is 2. The number of hydrogen-bond donors (Lipinski definition) is 1.